The first kappa shape index (κ1) is 17.4. The Morgan fingerprint density at radius 3 is 2.62 bits per heavy atom. The Balaban J connectivity index is 1.84. The third-order valence-corrected chi connectivity index (χ3v) is 6.28. The number of carbonyl (C=O) groups is 1. The highest BCUT2D eigenvalue weighted by Crippen LogP contribution is 2.24. The number of rotatable bonds is 5. The van der Waals surface area contributed by atoms with Crippen LogP contribution < -0.4 is 10.0 Å². The van der Waals surface area contributed by atoms with Gasteiger partial charge in [-0.15, -0.1) is 0 Å². The van der Waals surface area contributed by atoms with E-state index in [2.05, 4.69) is 10.0 Å². The number of nitrogens with zero attached hydrogens (tertiary/aromatic N) is 1. The monoisotopic (exact) mass is 351 g/mol. The molecule has 7 heteroatoms. The van der Waals surface area contributed by atoms with E-state index in [0.717, 1.165) is 31.2 Å². The highest BCUT2D eigenvalue weighted by molar-refractivity contribution is 7.89. The van der Waals surface area contributed by atoms with Gasteiger partial charge < -0.3 is 10.2 Å². The van der Waals surface area contributed by atoms with Crippen molar-refractivity contribution in [2.45, 2.75) is 49.6 Å². The quantitative estimate of drug-likeness (QED) is 0.837. The number of hydrogen-bond acceptors (Lipinski definition) is 4. The van der Waals surface area contributed by atoms with Crippen LogP contribution in [-0.2, 0) is 10.0 Å². The zero-order valence-electron chi connectivity index (χ0n) is 14.2. The molecule has 1 aromatic carbocycles. The molecule has 2 N–H and O–H groups in total. The van der Waals surface area contributed by atoms with Crippen molar-refractivity contribution in [3.63, 3.8) is 0 Å². The summed E-state index contributed by atoms with van der Waals surface area (Å²) in [6.07, 6.45) is 3.78. The van der Waals surface area contributed by atoms with Crippen molar-refractivity contribution in [2.75, 3.05) is 20.1 Å². The van der Waals surface area contributed by atoms with Crippen LogP contribution in [0.4, 0.5) is 0 Å². The Bertz CT molecular complexity index is 729. The lowest BCUT2D eigenvalue weighted by atomic mass is 10.0. The van der Waals surface area contributed by atoms with Crippen molar-refractivity contribution in [2.24, 2.45) is 0 Å². The van der Waals surface area contributed by atoms with E-state index in [1.165, 1.54) is 6.07 Å². The summed E-state index contributed by atoms with van der Waals surface area (Å²) in [6.45, 7) is 3.22. The number of likely N-dealkylation sites (N-methyl/N-ethyl adjacent to an activating group) is 1. The van der Waals surface area contributed by atoms with Gasteiger partial charge in [0.2, 0.25) is 10.0 Å². The lowest BCUT2D eigenvalue weighted by molar-refractivity contribution is 0.0697. The summed E-state index contributed by atoms with van der Waals surface area (Å²) >= 11 is 0. The largest absolute Gasteiger partial charge is 0.337 e. The van der Waals surface area contributed by atoms with Gasteiger partial charge in [-0.05, 0) is 57.4 Å². The maximum absolute atomic E-state index is 12.9. The molecule has 0 aromatic heterocycles. The molecule has 1 unspecified atom stereocenters. The fourth-order valence-electron chi connectivity index (χ4n) is 3.05. The molecule has 0 radical (unpaired) electrons. The molecular weight excluding hydrogens is 326 g/mol. The van der Waals surface area contributed by atoms with E-state index < -0.39 is 10.0 Å². The number of piperidine rings is 1. The van der Waals surface area contributed by atoms with Crippen LogP contribution in [0.5, 0.6) is 0 Å². The molecule has 24 heavy (non-hydrogen) atoms. The molecule has 2 aliphatic rings. The van der Waals surface area contributed by atoms with E-state index in [1.807, 2.05) is 18.9 Å². The summed E-state index contributed by atoms with van der Waals surface area (Å²) in [5.74, 6) is -0.0871. The molecule has 1 aliphatic heterocycles. The van der Waals surface area contributed by atoms with Gasteiger partial charge in [-0.1, -0.05) is 6.07 Å². The summed E-state index contributed by atoms with van der Waals surface area (Å²) in [6, 6.07) is 5.16. The number of carbonyl (C=O) groups excluding carboxylic acids is 1. The molecule has 3 rings (SSSR count). The van der Waals surface area contributed by atoms with E-state index in [-0.39, 0.29) is 16.8 Å². The van der Waals surface area contributed by atoms with Gasteiger partial charge in [0.05, 0.1) is 4.90 Å². The molecule has 1 aromatic rings. The minimum Gasteiger partial charge on any atom is -0.337 e. The SMILES string of the molecule is CNC1CCCN(C(=O)c2cc(S(=O)(=O)NC3CC3)ccc2C)C1. The number of aryl methyl sites for hydroxylation is 1. The first-order valence-electron chi connectivity index (χ1n) is 8.50. The standard InChI is InChI=1S/C17H25N3O3S/c1-12-5-8-15(24(22,23)19-13-6-7-13)10-16(12)17(21)20-9-3-4-14(11-20)18-2/h5,8,10,13-14,18-19H,3-4,6-7,9,11H2,1-2H3. The highest BCUT2D eigenvalue weighted by atomic mass is 32.2. The fourth-order valence-corrected chi connectivity index (χ4v) is 4.39. The maximum Gasteiger partial charge on any atom is 0.254 e. The van der Waals surface area contributed by atoms with Gasteiger partial charge in [0, 0.05) is 30.7 Å². The molecular formula is C17H25N3O3S. The second kappa shape index (κ2) is 6.82. The number of hydrogen-bond donors (Lipinski definition) is 2. The molecule has 1 heterocycles. The van der Waals surface area contributed by atoms with Crippen molar-refractivity contribution >= 4 is 15.9 Å². The molecule has 0 spiro atoms. The zero-order valence-corrected chi connectivity index (χ0v) is 15.0. The molecule has 1 saturated carbocycles. The van der Waals surface area contributed by atoms with Crippen molar-refractivity contribution in [3.05, 3.63) is 29.3 Å². The molecule has 132 valence electrons. The van der Waals surface area contributed by atoms with E-state index in [1.54, 1.807) is 12.1 Å². The summed E-state index contributed by atoms with van der Waals surface area (Å²) in [5.41, 5.74) is 1.28. The van der Waals surface area contributed by atoms with Crippen LogP contribution in [0.2, 0.25) is 0 Å². The van der Waals surface area contributed by atoms with Crippen molar-refractivity contribution in [1.82, 2.24) is 14.9 Å². The van der Waals surface area contributed by atoms with Crippen LogP contribution in [0.25, 0.3) is 0 Å². The van der Waals surface area contributed by atoms with Crippen LogP contribution in [-0.4, -0.2) is 51.4 Å². The van der Waals surface area contributed by atoms with Crippen LogP contribution >= 0.6 is 0 Å². The lowest BCUT2D eigenvalue weighted by Gasteiger charge is -2.33. The minimum absolute atomic E-state index is 0.0499. The van der Waals surface area contributed by atoms with Gasteiger partial charge in [0.15, 0.2) is 0 Å². The van der Waals surface area contributed by atoms with Gasteiger partial charge in [-0.3, -0.25) is 4.79 Å². The summed E-state index contributed by atoms with van der Waals surface area (Å²) in [7, 11) is -1.65. The van der Waals surface area contributed by atoms with Crippen LogP contribution in [0, 0.1) is 6.92 Å². The predicted octanol–water partition coefficient (Wildman–Crippen LogP) is 1.26. The Kier molecular flexibility index (Phi) is 4.94. The van der Waals surface area contributed by atoms with E-state index in [9.17, 15) is 13.2 Å². The normalized spacial score (nSPS) is 21.8. The average Bonchev–Trinajstić information content (AvgIpc) is 3.37. The van der Waals surface area contributed by atoms with E-state index in [4.69, 9.17) is 0 Å². The number of sulfonamides is 1. The Labute approximate surface area is 143 Å². The second-order valence-corrected chi connectivity index (χ2v) is 8.47. The number of benzene rings is 1. The second-order valence-electron chi connectivity index (χ2n) is 6.75. The predicted molar refractivity (Wildman–Crippen MR) is 92.5 cm³/mol. The van der Waals surface area contributed by atoms with Gasteiger partial charge in [0.1, 0.15) is 0 Å². The summed E-state index contributed by atoms with van der Waals surface area (Å²) in [5, 5.41) is 3.22. The Morgan fingerprint density at radius 2 is 1.96 bits per heavy atom. The van der Waals surface area contributed by atoms with Gasteiger partial charge >= 0.3 is 0 Å². The van der Waals surface area contributed by atoms with E-state index >= 15 is 0 Å². The fraction of sp³-hybridized carbons (Fsp3) is 0.588. The van der Waals surface area contributed by atoms with Crippen LogP contribution in [0.3, 0.4) is 0 Å². The smallest absolute Gasteiger partial charge is 0.254 e. The summed E-state index contributed by atoms with van der Waals surface area (Å²) in [4.78, 5) is 14.9. The van der Waals surface area contributed by atoms with Crippen LogP contribution in [0.1, 0.15) is 41.6 Å². The highest BCUT2D eigenvalue weighted by Gasteiger charge is 2.29. The third-order valence-electron chi connectivity index (χ3n) is 4.77. The van der Waals surface area contributed by atoms with Crippen molar-refractivity contribution in [3.8, 4) is 0 Å². The molecule has 1 atom stereocenters. The molecule has 6 nitrogen and oxygen atoms in total. The number of likely N-dealkylation sites (tertiary alicyclic amines) is 1. The molecule has 1 amide bonds. The Hall–Kier alpha value is -1.44. The molecule has 0 bridgehead atoms. The van der Waals surface area contributed by atoms with Crippen molar-refractivity contribution < 1.29 is 13.2 Å². The maximum atomic E-state index is 12.9. The number of amides is 1. The van der Waals surface area contributed by atoms with Gasteiger partial charge in [-0.2, -0.15) is 0 Å². The number of nitrogens with one attached hydrogen (secondary N) is 2. The first-order valence-corrected chi connectivity index (χ1v) is 9.98. The molecule has 2 fully saturated rings. The van der Waals surface area contributed by atoms with Crippen molar-refractivity contribution in [1.29, 1.82) is 0 Å². The minimum atomic E-state index is -3.55. The zero-order chi connectivity index (χ0) is 17.3. The average molecular weight is 351 g/mol. The summed E-state index contributed by atoms with van der Waals surface area (Å²) < 4.78 is 27.5. The third kappa shape index (κ3) is 3.79. The topological polar surface area (TPSA) is 78.5 Å². The Morgan fingerprint density at radius 1 is 1.21 bits per heavy atom. The molecule has 1 saturated heterocycles. The molecule has 1 aliphatic carbocycles. The van der Waals surface area contributed by atoms with Gasteiger partial charge in [-0.25, -0.2) is 13.1 Å². The first-order chi connectivity index (χ1) is 11.4. The lowest BCUT2D eigenvalue weighted by Crippen LogP contribution is -2.47. The van der Waals surface area contributed by atoms with Gasteiger partial charge in [0.25, 0.3) is 5.91 Å². The van der Waals surface area contributed by atoms with Crippen LogP contribution in [0.15, 0.2) is 23.1 Å². The van der Waals surface area contributed by atoms with E-state index in [0.29, 0.717) is 24.7 Å².